The van der Waals surface area contributed by atoms with E-state index in [1.807, 2.05) is 0 Å². The van der Waals surface area contributed by atoms with Crippen LogP contribution < -0.4 is 5.76 Å². The van der Waals surface area contributed by atoms with Crippen molar-refractivity contribution in [3.05, 3.63) is 22.2 Å². The molecule has 3 N–H and O–H groups in total. The number of aromatic amines is 2. The molecule has 13 heavy (non-hydrogen) atoms. The van der Waals surface area contributed by atoms with E-state index in [0.29, 0.717) is 0 Å². The van der Waals surface area contributed by atoms with Gasteiger partial charge >= 0.3 is 5.76 Å². The standard InChI is InChI=1S/C4H4N6O3/c11-1(3-6-9-10-7-3)2-5-4(12)13-8-2/h1,11H,(H,5,8,12)(H,6,7,9,10). The molecule has 0 aromatic carbocycles. The van der Waals surface area contributed by atoms with E-state index in [1.165, 1.54) is 0 Å². The highest BCUT2D eigenvalue weighted by atomic mass is 16.5. The Kier molecular flexibility index (Phi) is 1.63. The molecule has 9 heteroatoms. The Morgan fingerprint density at radius 1 is 1.54 bits per heavy atom. The molecular formula is C4H4N6O3. The van der Waals surface area contributed by atoms with Gasteiger partial charge in [-0.05, 0) is 0 Å². The zero-order chi connectivity index (χ0) is 9.26. The first-order valence-electron chi connectivity index (χ1n) is 3.24. The number of H-pyrrole nitrogens is 2. The highest BCUT2D eigenvalue weighted by Gasteiger charge is 2.19. The van der Waals surface area contributed by atoms with E-state index >= 15 is 0 Å². The molecule has 0 spiro atoms. The van der Waals surface area contributed by atoms with Crippen LogP contribution in [0.3, 0.4) is 0 Å². The summed E-state index contributed by atoms with van der Waals surface area (Å²) in [5, 5.41) is 25.1. The number of nitrogens with one attached hydrogen (secondary N) is 2. The van der Waals surface area contributed by atoms with Gasteiger partial charge in [0.05, 0.1) is 0 Å². The lowest BCUT2D eigenvalue weighted by molar-refractivity contribution is 0.194. The molecule has 0 radical (unpaired) electrons. The minimum absolute atomic E-state index is 0.00421. The van der Waals surface area contributed by atoms with Gasteiger partial charge in [-0.3, -0.25) is 9.51 Å². The van der Waals surface area contributed by atoms with Gasteiger partial charge in [-0.15, -0.1) is 10.2 Å². The molecule has 2 rings (SSSR count). The van der Waals surface area contributed by atoms with Gasteiger partial charge in [-0.2, -0.15) is 5.21 Å². The van der Waals surface area contributed by atoms with Crippen LogP contribution in [0.1, 0.15) is 17.8 Å². The highest BCUT2D eigenvalue weighted by Crippen LogP contribution is 2.10. The lowest BCUT2D eigenvalue weighted by atomic mass is 10.3. The van der Waals surface area contributed by atoms with E-state index in [4.69, 9.17) is 0 Å². The SMILES string of the molecule is O=c1[nH]c(C(O)c2nn[nH]n2)no1. The van der Waals surface area contributed by atoms with Gasteiger partial charge < -0.3 is 5.11 Å². The number of hydrogen-bond donors (Lipinski definition) is 3. The minimum atomic E-state index is -1.25. The molecule has 68 valence electrons. The Hall–Kier alpha value is -2.03. The molecule has 2 aromatic rings. The molecule has 0 aliphatic carbocycles. The van der Waals surface area contributed by atoms with Crippen LogP contribution in [0.15, 0.2) is 9.32 Å². The molecular weight excluding hydrogens is 180 g/mol. The van der Waals surface area contributed by atoms with Gasteiger partial charge in [0.2, 0.25) is 5.82 Å². The summed E-state index contributed by atoms with van der Waals surface area (Å²) < 4.78 is 4.18. The number of hydrogen-bond acceptors (Lipinski definition) is 7. The smallest absolute Gasteiger partial charge is 0.377 e. The minimum Gasteiger partial charge on any atom is -0.377 e. The van der Waals surface area contributed by atoms with Crippen LogP contribution in [-0.4, -0.2) is 35.9 Å². The third kappa shape index (κ3) is 1.31. The van der Waals surface area contributed by atoms with Gasteiger partial charge in [0.1, 0.15) is 0 Å². The average molecular weight is 184 g/mol. The third-order valence-corrected chi connectivity index (χ3v) is 1.32. The van der Waals surface area contributed by atoms with Gasteiger partial charge in [0, 0.05) is 0 Å². The Balaban J connectivity index is 2.33. The fraction of sp³-hybridized carbons (Fsp3) is 0.250. The van der Waals surface area contributed by atoms with Crippen molar-refractivity contribution in [2.75, 3.05) is 0 Å². The van der Waals surface area contributed by atoms with E-state index in [1.54, 1.807) is 0 Å². The maximum absolute atomic E-state index is 10.5. The second-order valence-electron chi connectivity index (χ2n) is 2.15. The molecule has 0 aliphatic rings. The van der Waals surface area contributed by atoms with E-state index in [-0.39, 0.29) is 11.6 Å². The van der Waals surface area contributed by atoms with Crippen molar-refractivity contribution < 1.29 is 9.63 Å². The molecule has 1 atom stereocenters. The first kappa shape index (κ1) is 7.61. The van der Waals surface area contributed by atoms with Crippen LogP contribution in [0, 0.1) is 0 Å². The number of aliphatic hydroxyl groups is 1. The number of aromatic nitrogens is 6. The summed E-state index contributed by atoms with van der Waals surface area (Å²) in [5.74, 6) is -0.812. The summed E-state index contributed by atoms with van der Waals surface area (Å²) in [4.78, 5) is 12.7. The molecule has 2 aromatic heterocycles. The Morgan fingerprint density at radius 3 is 2.92 bits per heavy atom. The fourth-order valence-corrected chi connectivity index (χ4v) is 0.767. The van der Waals surface area contributed by atoms with Gasteiger partial charge in [0.15, 0.2) is 11.9 Å². The molecule has 1 unspecified atom stereocenters. The van der Waals surface area contributed by atoms with Crippen molar-refractivity contribution in [3.8, 4) is 0 Å². The quantitative estimate of drug-likeness (QED) is 0.489. The summed E-state index contributed by atoms with van der Waals surface area (Å²) in [6.07, 6.45) is -1.25. The summed E-state index contributed by atoms with van der Waals surface area (Å²) >= 11 is 0. The molecule has 0 amide bonds. The van der Waals surface area contributed by atoms with Crippen LogP contribution >= 0.6 is 0 Å². The summed E-state index contributed by atoms with van der Waals surface area (Å²) in [5.41, 5.74) is 0. The second-order valence-corrected chi connectivity index (χ2v) is 2.15. The lowest BCUT2D eigenvalue weighted by Crippen LogP contribution is -2.06. The average Bonchev–Trinajstić information content (AvgIpc) is 2.72. The number of aliphatic hydroxyl groups excluding tert-OH is 1. The van der Waals surface area contributed by atoms with E-state index in [0.717, 1.165) is 0 Å². The largest absolute Gasteiger partial charge is 0.439 e. The summed E-state index contributed by atoms with van der Waals surface area (Å²) in [6, 6.07) is 0. The fourth-order valence-electron chi connectivity index (χ4n) is 0.767. The summed E-state index contributed by atoms with van der Waals surface area (Å²) in [6.45, 7) is 0. The van der Waals surface area contributed by atoms with Crippen molar-refractivity contribution >= 4 is 0 Å². The first-order valence-corrected chi connectivity index (χ1v) is 3.24. The Morgan fingerprint density at radius 2 is 2.38 bits per heavy atom. The van der Waals surface area contributed by atoms with Gasteiger partial charge in [-0.25, -0.2) is 4.79 Å². The Bertz CT molecular complexity index is 429. The lowest BCUT2D eigenvalue weighted by Gasteiger charge is -1.97. The maximum Gasteiger partial charge on any atom is 0.439 e. The van der Waals surface area contributed by atoms with E-state index < -0.39 is 11.9 Å². The molecule has 0 saturated heterocycles. The monoisotopic (exact) mass is 184 g/mol. The maximum atomic E-state index is 10.5. The van der Waals surface area contributed by atoms with Crippen molar-refractivity contribution in [1.82, 2.24) is 30.8 Å². The van der Waals surface area contributed by atoms with E-state index in [9.17, 15) is 9.90 Å². The zero-order valence-electron chi connectivity index (χ0n) is 6.13. The van der Waals surface area contributed by atoms with Crippen LogP contribution in [0.25, 0.3) is 0 Å². The first-order chi connectivity index (χ1) is 6.27. The summed E-state index contributed by atoms with van der Waals surface area (Å²) in [7, 11) is 0. The van der Waals surface area contributed by atoms with Crippen molar-refractivity contribution in [3.63, 3.8) is 0 Å². The number of rotatable bonds is 2. The topological polar surface area (TPSA) is 134 Å². The molecule has 0 bridgehead atoms. The van der Waals surface area contributed by atoms with Crippen LogP contribution in [0.5, 0.6) is 0 Å². The van der Waals surface area contributed by atoms with Gasteiger partial charge in [0.25, 0.3) is 0 Å². The third-order valence-electron chi connectivity index (χ3n) is 1.32. The van der Waals surface area contributed by atoms with Crippen molar-refractivity contribution in [1.29, 1.82) is 0 Å². The normalized spacial score (nSPS) is 13.0. The second kappa shape index (κ2) is 2.79. The predicted molar refractivity (Wildman–Crippen MR) is 35.4 cm³/mol. The highest BCUT2D eigenvalue weighted by molar-refractivity contribution is 4.99. The predicted octanol–water partition coefficient (Wildman–Crippen LogP) is -2.04. The Labute approximate surface area is 69.8 Å². The van der Waals surface area contributed by atoms with Crippen molar-refractivity contribution in [2.24, 2.45) is 0 Å². The van der Waals surface area contributed by atoms with Crippen LogP contribution in [0.4, 0.5) is 0 Å². The number of tetrazole rings is 1. The van der Waals surface area contributed by atoms with Crippen LogP contribution in [-0.2, 0) is 0 Å². The number of nitrogens with zero attached hydrogens (tertiary/aromatic N) is 4. The van der Waals surface area contributed by atoms with Crippen LogP contribution in [0.2, 0.25) is 0 Å². The van der Waals surface area contributed by atoms with E-state index in [2.05, 4.69) is 35.3 Å². The molecule has 0 aliphatic heterocycles. The molecule has 2 heterocycles. The molecule has 0 fully saturated rings. The van der Waals surface area contributed by atoms with Crippen molar-refractivity contribution in [2.45, 2.75) is 6.10 Å². The van der Waals surface area contributed by atoms with Gasteiger partial charge in [-0.1, -0.05) is 10.4 Å². The zero-order valence-corrected chi connectivity index (χ0v) is 6.13. The molecule has 9 nitrogen and oxygen atoms in total. The molecule has 0 saturated carbocycles.